The molecule has 7 heteroatoms. The number of hydrogen-bond acceptors (Lipinski definition) is 5. The molecule has 0 radical (unpaired) electrons. The highest BCUT2D eigenvalue weighted by Gasteiger charge is 2.11. The molecule has 0 unspecified atom stereocenters. The van der Waals surface area contributed by atoms with E-state index in [0.717, 1.165) is 19.2 Å². The Kier molecular flexibility index (Phi) is 4.54. The van der Waals surface area contributed by atoms with Crippen molar-refractivity contribution in [2.24, 2.45) is 0 Å². The molecular weight excluding hydrogens is 261 g/mol. The summed E-state index contributed by atoms with van der Waals surface area (Å²) in [5.74, 6) is -0.529. The Morgan fingerprint density at radius 3 is 2.80 bits per heavy atom. The van der Waals surface area contributed by atoms with Gasteiger partial charge in [0.05, 0.1) is 11.9 Å². The number of pyridine rings is 1. The number of nitrogens with zero attached hydrogens (tertiary/aromatic N) is 3. The van der Waals surface area contributed by atoms with Crippen LogP contribution in [0.1, 0.15) is 23.8 Å². The summed E-state index contributed by atoms with van der Waals surface area (Å²) in [4.78, 5) is 15.5. The Morgan fingerprint density at radius 2 is 2.15 bits per heavy atom. The predicted molar refractivity (Wildman–Crippen MR) is 73.0 cm³/mol. The fourth-order valence-corrected chi connectivity index (χ4v) is 1.46. The Hall–Kier alpha value is -2.57. The van der Waals surface area contributed by atoms with E-state index in [4.69, 9.17) is 0 Å². The lowest BCUT2D eigenvalue weighted by Crippen LogP contribution is -2.16. The smallest absolute Gasteiger partial charge is 0.276 e. The van der Waals surface area contributed by atoms with Gasteiger partial charge in [-0.25, -0.2) is 4.39 Å². The van der Waals surface area contributed by atoms with E-state index in [1.165, 1.54) is 18.3 Å². The molecule has 0 aliphatic carbocycles. The fraction of sp³-hybridized carbons (Fsp3) is 0.231. The van der Waals surface area contributed by atoms with Crippen LogP contribution in [0.2, 0.25) is 0 Å². The summed E-state index contributed by atoms with van der Waals surface area (Å²) in [5.41, 5.74) is 0.170. The van der Waals surface area contributed by atoms with Gasteiger partial charge >= 0.3 is 0 Å². The zero-order valence-corrected chi connectivity index (χ0v) is 10.9. The van der Waals surface area contributed by atoms with Crippen LogP contribution in [-0.2, 0) is 0 Å². The molecule has 0 spiro atoms. The van der Waals surface area contributed by atoms with Crippen LogP contribution in [-0.4, -0.2) is 27.6 Å². The lowest BCUT2D eigenvalue weighted by atomic mass is 10.3. The number of hydrogen-bond donors (Lipinski definition) is 2. The van der Waals surface area contributed by atoms with Gasteiger partial charge in [-0.05, 0) is 24.6 Å². The molecular formula is C13H14FN5O. The Labute approximate surface area is 115 Å². The average Bonchev–Trinajstić information content (AvgIpc) is 2.48. The second-order valence-electron chi connectivity index (χ2n) is 4.04. The molecule has 0 aromatic carbocycles. The third kappa shape index (κ3) is 3.47. The predicted octanol–water partition coefficient (Wildman–Crippen LogP) is 2.08. The number of amides is 1. The van der Waals surface area contributed by atoms with Gasteiger partial charge in [-0.1, -0.05) is 6.92 Å². The molecule has 20 heavy (non-hydrogen) atoms. The van der Waals surface area contributed by atoms with E-state index in [2.05, 4.69) is 25.8 Å². The Morgan fingerprint density at radius 1 is 1.30 bits per heavy atom. The summed E-state index contributed by atoms with van der Waals surface area (Å²) in [5, 5.41) is 13.1. The highest BCUT2D eigenvalue weighted by atomic mass is 19.1. The summed E-state index contributed by atoms with van der Waals surface area (Å²) >= 11 is 0. The highest BCUT2D eigenvalue weighted by Crippen LogP contribution is 2.12. The minimum Gasteiger partial charge on any atom is -0.369 e. The van der Waals surface area contributed by atoms with Gasteiger partial charge in [0.25, 0.3) is 5.91 Å². The van der Waals surface area contributed by atoms with Crippen molar-refractivity contribution in [2.75, 3.05) is 17.2 Å². The molecule has 0 bridgehead atoms. The Balaban J connectivity index is 2.04. The molecule has 6 nitrogen and oxygen atoms in total. The van der Waals surface area contributed by atoms with Crippen molar-refractivity contribution in [3.63, 3.8) is 0 Å². The maximum atomic E-state index is 13.3. The molecule has 2 aromatic rings. The van der Waals surface area contributed by atoms with Crippen LogP contribution in [0.4, 0.5) is 15.9 Å². The first-order chi connectivity index (χ1) is 9.70. The molecule has 0 aliphatic heterocycles. The fourth-order valence-electron chi connectivity index (χ4n) is 1.46. The number of anilines is 2. The van der Waals surface area contributed by atoms with Crippen molar-refractivity contribution in [3.05, 3.63) is 42.1 Å². The lowest BCUT2D eigenvalue weighted by Gasteiger charge is -2.06. The molecule has 0 saturated heterocycles. The topological polar surface area (TPSA) is 79.8 Å². The molecule has 0 aliphatic rings. The van der Waals surface area contributed by atoms with Crippen molar-refractivity contribution in [1.82, 2.24) is 15.2 Å². The Bertz CT molecular complexity index is 588. The molecule has 0 atom stereocenters. The normalized spacial score (nSPS) is 10.1. The number of aromatic nitrogens is 3. The summed E-state index contributed by atoms with van der Waals surface area (Å²) in [7, 11) is 0. The first-order valence-electron chi connectivity index (χ1n) is 6.19. The minimum atomic E-state index is -0.602. The van der Waals surface area contributed by atoms with Gasteiger partial charge < -0.3 is 10.6 Å². The molecule has 0 saturated carbocycles. The standard InChI is InChI=1S/C13H14FN5O/c1-2-6-16-12-4-3-11(18-19-12)13(20)17-10-5-7-15-8-9(10)14/h3-5,7-8H,2,6H2,1H3,(H,16,19)(H,15,17,20). The van der Waals surface area contributed by atoms with Crippen LogP contribution in [0.25, 0.3) is 0 Å². The molecule has 1 amide bonds. The highest BCUT2D eigenvalue weighted by molar-refractivity contribution is 6.02. The van der Waals surface area contributed by atoms with E-state index in [1.54, 1.807) is 6.07 Å². The number of nitrogens with one attached hydrogen (secondary N) is 2. The van der Waals surface area contributed by atoms with Crippen molar-refractivity contribution in [1.29, 1.82) is 0 Å². The third-order valence-corrected chi connectivity index (χ3v) is 2.47. The first-order valence-corrected chi connectivity index (χ1v) is 6.19. The van der Waals surface area contributed by atoms with Gasteiger partial charge in [-0.3, -0.25) is 9.78 Å². The molecule has 2 heterocycles. The van der Waals surface area contributed by atoms with Gasteiger partial charge in [-0.15, -0.1) is 10.2 Å². The van der Waals surface area contributed by atoms with Crippen molar-refractivity contribution < 1.29 is 9.18 Å². The second kappa shape index (κ2) is 6.55. The van der Waals surface area contributed by atoms with Crippen LogP contribution in [0, 0.1) is 5.82 Å². The first kappa shape index (κ1) is 13.9. The molecule has 0 fully saturated rings. The minimum absolute atomic E-state index is 0.0555. The SMILES string of the molecule is CCCNc1ccc(C(=O)Nc2ccncc2F)nn1. The number of carbonyl (C=O) groups excluding carboxylic acids is 1. The summed E-state index contributed by atoms with van der Waals surface area (Å²) < 4.78 is 13.3. The van der Waals surface area contributed by atoms with E-state index >= 15 is 0 Å². The largest absolute Gasteiger partial charge is 0.369 e. The van der Waals surface area contributed by atoms with Gasteiger partial charge in [-0.2, -0.15) is 0 Å². The van der Waals surface area contributed by atoms with Gasteiger partial charge in [0.15, 0.2) is 11.5 Å². The molecule has 2 N–H and O–H groups in total. The quantitative estimate of drug-likeness (QED) is 0.873. The molecule has 104 valence electrons. The maximum Gasteiger partial charge on any atom is 0.276 e. The van der Waals surface area contributed by atoms with Crippen molar-refractivity contribution in [3.8, 4) is 0 Å². The van der Waals surface area contributed by atoms with Crippen LogP contribution >= 0.6 is 0 Å². The summed E-state index contributed by atoms with van der Waals surface area (Å²) in [6.07, 6.45) is 3.38. The van der Waals surface area contributed by atoms with Crippen LogP contribution < -0.4 is 10.6 Å². The van der Waals surface area contributed by atoms with Crippen LogP contribution in [0.3, 0.4) is 0 Å². The zero-order chi connectivity index (χ0) is 14.4. The number of halogens is 1. The van der Waals surface area contributed by atoms with Crippen LogP contribution in [0.15, 0.2) is 30.6 Å². The van der Waals surface area contributed by atoms with E-state index in [-0.39, 0.29) is 11.4 Å². The summed E-state index contributed by atoms with van der Waals surface area (Å²) in [6, 6.07) is 4.55. The molecule has 2 aromatic heterocycles. The van der Waals surface area contributed by atoms with Crippen molar-refractivity contribution >= 4 is 17.4 Å². The van der Waals surface area contributed by atoms with Gasteiger partial charge in [0, 0.05) is 12.7 Å². The summed E-state index contributed by atoms with van der Waals surface area (Å²) in [6.45, 7) is 2.81. The van der Waals surface area contributed by atoms with E-state index in [0.29, 0.717) is 5.82 Å². The van der Waals surface area contributed by atoms with E-state index in [1.807, 2.05) is 6.92 Å². The molecule has 2 rings (SSSR count). The lowest BCUT2D eigenvalue weighted by molar-refractivity contribution is 0.102. The monoisotopic (exact) mass is 275 g/mol. The second-order valence-corrected chi connectivity index (χ2v) is 4.04. The third-order valence-electron chi connectivity index (χ3n) is 2.47. The number of rotatable bonds is 5. The maximum absolute atomic E-state index is 13.3. The number of carbonyl (C=O) groups is 1. The van der Waals surface area contributed by atoms with Gasteiger partial charge in [0.2, 0.25) is 0 Å². The van der Waals surface area contributed by atoms with Gasteiger partial charge in [0.1, 0.15) is 5.82 Å². The van der Waals surface area contributed by atoms with E-state index in [9.17, 15) is 9.18 Å². The van der Waals surface area contributed by atoms with E-state index < -0.39 is 11.7 Å². The van der Waals surface area contributed by atoms with Crippen LogP contribution in [0.5, 0.6) is 0 Å². The zero-order valence-electron chi connectivity index (χ0n) is 10.9. The van der Waals surface area contributed by atoms with Crippen molar-refractivity contribution in [2.45, 2.75) is 13.3 Å². The average molecular weight is 275 g/mol.